The lowest BCUT2D eigenvalue weighted by atomic mass is 10.2. The van der Waals surface area contributed by atoms with E-state index in [0.29, 0.717) is 21.9 Å². The fourth-order valence-electron chi connectivity index (χ4n) is 1.84. The zero-order valence-corrected chi connectivity index (χ0v) is 13.1. The number of nitrogens with one attached hydrogen (secondary N) is 2. The number of carbonyl (C=O) groups is 2. The first-order valence-corrected chi connectivity index (χ1v) is 7.15. The number of hydrazine groups is 1. The molecular formula is C17H15ClN2O3. The number of halogens is 1. The molecule has 2 aromatic carbocycles. The van der Waals surface area contributed by atoms with E-state index in [1.807, 2.05) is 6.07 Å². The van der Waals surface area contributed by atoms with Gasteiger partial charge in [0.2, 0.25) is 0 Å². The van der Waals surface area contributed by atoms with Crippen LogP contribution in [-0.4, -0.2) is 18.9 Å². The number of hydrogen-bond acceptors (Lipinski definition) is 3. The molecule has 0 spiro atoms. The molecule has 2 N–H and O–H groups in total. The largest absolute Gasteiger partial charge is 0.496 e. The van der Waals surface area contributed by atoms with Gasteiger partial charge in [-0.25, -0.2) is 0 Å². The Kier molecular flexibility index (Phi) is 5.77. The minimum Gasteiger partial charge on any atom is -0.496 e. The van der Waals surface area contributed by atoms with Crippen LogP contribution in [0.5, 0.6) is 5.75 Å². The zero-order valence-electron chi connectivity index (χ0n) is 12.4. The summed E-state index contributed by atoms with van der Waals surface area (Å²) < 4.78 is 5.09. The first-order valence-electron chi connectivity index (χ1n) is 6.77. The monoisotopic (exact) mass is 330 g/mol. The molecule has 118 valence electrons. The van der Waals surface area contributed by atoms with E-state index in [1.165, 1.54) is 13.2 Å². The molecule has 0 unspecified atom stereocenters. The van der Waals surface area contributed by atoms with Crippen LogP contribution in [-0.2, 0) is 4.79 Å². The van der Waals surface area contributed by atoms with Gasteiger partial charge in [-0.05, 0) is 29.8 Å². The van der Waals surface area contributed by atoms with Gasteiger partial charge < -0.3 is 4.74 Å². The summed E-state index contributed by atoms with van der Waals surface area (Å²) in [5.74, 6) is -0.527. The van der Waals surface area contributed by atoms with Crippen molar-refractivity contribution in [2.45, 2.75) is 0 Å². The van der Waals surface area contributed by atoms with Crippen LogP contribution < -0.4 is 15.6 Å². The molecule has 0 bridgehead atoms. The molecule has 0 saturated heterocycles. The van der Waals surface area contributed by atoms with E-state index in [2.05, 4.69) is 10.9 Å². The molecule has 0 aliphatic rings. The Hall–Kier alpha value is -2.79. The van der Waals surface area contributed by atoms with Gasteiger partial charge in [0.15, 0.2) is 0 Å². The summed E-state index contributed by atoms with van der Waals surface area (Å²) in [7, 11) is 1.47. The molecule has 23 heavy (non-hydrogen) atoms. The maximum Gasteiger partial charge on any atom is 0.273 e. The van der Waals surface area contributed by atoms with Crippen LogP contribution in [0, 0.1) is 0 Å². The highest BCUT2D eigenvalue weighted by atomic mass is 35.5. The molecule has 0 aromatic heterocycles. The lowest BCUT2D eigenvalue weighted by Crippen LogP contribution is -2.40. The molecule has 5 nitrogen and oxygen atoms in total. The van der Waals surface area contributed by atoms with Crippen LogP contribution in [0.4, 0.5) is 0 Å². The average molecular weight is 331 g/mol. The van der Waals surface area contributed by atoms with Gasteiger partial charge in [0.1, 0.15) is 5.75 Å². The minimum absolute atomic E-state index is 0.324. The van der Waals surface area contributed by atoms with Crippen molar-refractivity contribution in [3.05, 3.63) is 70.8 Å². The summed E-state index contributed by atoms with van der Waals surface area (Å²) in [6.45, 7) is 0. The van der Waals surface area contributed by atoms with Crippen molar-refractivity contribution in [1.29, 1.82) is 0 Å². The van der Waals surface area contributed by atoms with E-state index in [-0.39, 0.29) is 0 Å². The number of hydrogen-bond donors (Lipinski definition) is 2. The lowest BCUT2D eigenvalue weighted by Gasteiger charge is -2.09. The molecular weight excluding hydrogens is 316 g/mol. The van der Waals surface area contributed by atoms with E-state index in [4.69, 9.17) is 16.3 Å². The van der Waals surface area contributed by atoms with Gasteiger partial charge in [0.25, 0.3) is 11.8 Å². The van der Waals surface area contributed by atoms with Crippen LogP contribution >= 0.6 is 11.6 Å². The predicted octanol–water partition coefficient (Wildman–Crippen LogP) is 2.82. The maximum atomic E-state index is 12.0. The SMILES string of the molecule is COc1ccccc1C(=O)NNC(=O)C=Cc1ccccc1Cl. The predicted molar refractivity (Wildman–Crippen MR) is 89.1 cm³/mol. The number of rotatable bonds is 4. The average Bonchev–Trinajstić information content (AvgIpc) is 2.58. The Bertz CT molecular complexity index is 744. The van der Waals surface area contributed by atoms with Crippen molar-refractivity contribution in [2.75, 3.05) is 7.11 Å². The third-order valence-electron chi connectivity index (χ3n) is 2.97. The third kappa shape index (κ3) is 4.59. The van der Waals surface area contributed by atoms with Crippen molar-refractivity contribution >= 4 is 29.5 Å². The van der Waals surface area contributed by atoms with Crippen LogP contribution in [0.3, 0.4) is 0 Å². The first-order chi connectivity index (χ1) is 11.1. The second kappa shape index (κ2) is 8.00. The summed E-state index contributed by atoms with van der Waals surface area (Å²) in [5.41, 5.74) is 5.65. The Balaban J connectivity index is 1.94. The molecule has 2 aromatic rings. The van der Waals surface area contributed by atoms with Gasteiger partial charge in [0, 0.05) is 11.1 Å². The highest BCUT2D eigenvalue weighted by Crippen LogP contribution is 2.17. The summed E-state index contributed by atoms with van der Waals surface area (Å²) in [5, 5.41) is 0.537. The van der Waals surface area contributed by atoms with Gasteiger partial charge >= 0.3 is 0 Å². The molecule has 0 atom stereocenters. The van der Waals surface area contributed by atoms with Gasteiger partial charge in [-0.1, -0.05) is 41.9 Å². The van der Waals surface area contributed by atoms with Gasteiger partial charge in [-0.15, -0.1) is 0 Å². The molecule has 6 heteroatoms. The Labute approximate surface area is 138 Å². The molecule has 0 heterocycles. The third-order valence-corrected chi connectivity index (χ3v) is 3.31. The zero-order chi connectivity index (χ0) is 16.7. The van der Waals surface area contributed by atoms with Gasteiger partial charge in [-0.3, -0.25) is 20.4 Å². The summed E-state index contributed by atoms with van der Waals surface area (Å²) in [6.07, 6.45) is 2.84. The Morgan fingerprint density at radius 2 is 1.74 bits per heavy atom. The smallest absolute Gasteiger partial charge is 0.273 e. The van der Waals surface area contributed by atoms with E-state index < -0.39 is 11.8 Å². The first kappa shape index (κ1) is 16.6. The van der Waals surface area contributed by atoms with Crippen molar-refractivity contribution in [3.8, 4) is 5.75 Å². The number of ether oxygens (including phenoxy) is 1. The van der Waals surface area contributed by atoms with Crippen LogP contribution in [0.15, 0.2) is 54.6 Å². The van der Waals surface area contributed by atoms with Crippen molar-refractivity contribution < 1.29 is 14.3 Å². The molecule has 2 amide bonds. The molecule has 2 rings (SSSR count). The summed E-state index contributed by atoms with van der Waals surface area (Å²) in [4.78, 5) is 23.7. The fourth-order valence-corrected chi connectivity index (χ4v) is 2.03. The number of para-hydroxylation sites is 1. The van der Waals surface area contributed by atoms with Crippen molar-refractivity contribution in [3.63, 3.8) is 0 Å². The summed E-state index contributed by atoms with van der Waals surface area (Å²) >= 11 is 5.98. The van der Waals surface area contributed by atoms with E-state index in [9.17, 15) is 9.59 Å². The van der Waals surface area contributed by atoms with Crippen LogP contribution in [0.1, 0.15) is 15.9 Å². The quantitative estimate of drug-likeness (QED) is 0.669. The Morgan fingerprint density at radius 1 is 1.04 bits per heavy atom. The van der Waals surface area contributed by atoms with E-state index >= 15 is 0 Å². The van der Waals surface area contributed by atoms with Crippen LogP contribution in [0.25, 0.3) is 6.08 Å². The highest BCUT2D eigenvalue weighted by molar-refractivity contribution is 6.32. The number of methoxy groups -OCH3 is 1. The van der Waals surface area contributed by atoms with Gasteiger partial charge in [0.05, 0.1) is 12.7 Å². The highest BCUT2D eigenvalue weighted by Gasteiger charge is 2.11. The number of carbonyl (C=O) groups excluding carboxylic acids is 2. The molecule has 0 aliphatic carbocycles. The lowest BCUT2D eigenvalue weighted by molar-refractivity contribution is -0.117. The normalized spacial score (nSPS) is 10.3. The molecule has 0 fully saturated rings. The second-order valence-electron chi connectivity index (χ2n) is 4.50. The second-order valence-corrected chi connectivity index (χ2v) is 4.91. The Morgan fingerprint density at radius 3 is 2.48 bits per heavy atom. The van der Waals surface area contributed by atoms with Crippen molar-refractivity contribution in [1.82, 2.24) is 10.9 Å². The van der Waals surface area contributed by atoms with Crippen molar-refractivity contribution in [2.24, 2.45) is 0 Å². The van der Waals surface area contributed by atoms with Gasteiger partial charge in [-0.2, -0.15) is 0 Å². The number of benzene rings is 2. The molecule has 0 aliphatic heterocycles. The molecule has 0 radical (unpaired) electrons. The maximum absolute atomic E-state index is 12.0. The van der Waals surface area contributed by atoms with Crippen LogP contribution in [0.2, 0.25) is 5.02 Å². The summed E-state index contributed by atoms with van der Waals surface area (Å²) in [6, 6.07) is 13.8. The minimum atomic E-state index is -0.479. The topological polar surface area (TPSA) is 67.4 Å². The standard InChI is InChI=1S/C17H15ClN2O3/c1-23-15-9-5-3-7-13(15)17(22)20-19-16(21)11-10-12-6-2-4-8-14(12)18/h2-11H,1H3,(H,19,21)(H,20,22). The van der Waals surface area contributed by atoms with E-state index in [0.717, 1.165) is 0 Å². The number of amides is 2. The fraction of sp³-hybridized carbons (Fsp3) is 0.0588. The van der Waals surface area contributed by atoms with E-state index in [1.54, 1.807) is 48.5 Å². The molecule has 0 saturated carbocycles.